The molecule has 3 rings (SSSR count). The predicted octanol–water partition coefficient (Wildman–Crippen LogP) is 3.66. The zero-order valence-electron chi connectivity index (χ0n) is 14.7. The van der Waals surface area contributed by atoms with Crippen molar-refractivity contribution in [3.63, 3.8) is 0 Å². The minimum absolute atomic E-state index is 0.0242. The average molecular weight is 392 g/mol. The van der Waals surface area contributed by atoms with E-state index < -0.39 is 15.6 Å². The van der Waals surface area contributed by atoms with E-state index in [0.717, 1.165) is 0 Å². The summed E-state index contributed by atoms with van der Waals surface area (Å²) in [5.41, 5.74) is -3.04. The predicted molar refractivity (Wildman–Crippen MR) is 92.2 cm³/mol. The third-order valence-corrected chi connectivity index (χ3v) is 5.14. The molecule has 0 saturated heterocycles. The molecule has 0 spiro atoms. The van der Waals surface area contributed by atoms with Gasteiger partial charge in [-0.05, 0) is 25.0 Å². The Morgan fingerprint density at radius 2 is 1.69 bits per heavy atom. The van der Waals surface area contributed by atoms with Crippen LogP contribution in [0.4, 0.5) is 18.9 Å². The van der Waals surface area contributed by atoms with Gasteiger partial charge in [-0.25, -0.2) is 13.0 Å². The highest BCUT2D eigenvalue weighted by atomic mass is 32.2. The van der Waals surface area contributed by atoms with Crippen molar-refractivity contribution in [2.75, 3.05) is 5.32 Å². The maximum Gasteiger partial charge on any atom is 0.485 e. The first kappa shape index (κ1) is 20.7. The van der Waals surface area contributed by atoms with E-state index in [0.29, 0.717) is 6.04 Å². The summed E-state index contributed by atoms with van der Waals surface area (Å²) in [6.07, 6.45) is 9.21. The van der Waals surface area contributed by atoms with E-state index in [4.69, 9.17) is 13.0 Å². The van der Waals surface area contributed by atoms with Gasteiger partial charge in [0.2, 0.25) is 5.66 Å². The summed E-state index contributed by atoms with van der Waals surface area (Å²) in [7, 11) is -6.09. The molecule has 26 heavy (non-hydrogen) atoms. The van der Waals surface area contributed by atoms with Crippen LogP contribution < -0.4 is 5.32 Å². The molecule has 0 aromatic heterocycles. The molecule has 1 saturated carbocycles. The van der Waals surface area contributed by atoms with Gasteiger partial charge in [-0.15, -0.1) is 0 Å². The topological polar surface area (TPSA) is 72.2 Å². The van der Waals surface area contributed by atoms with E-state index >= 15 is 0 Å². The fourth-order valence-corrected chi connectivity index (χ4v) is 3.35. The number of anilines is 1. The number of alkyl halides is 3. The zero-order valence-corrected chi connectivity index (χ0v) is 15.5. The van der Waals surface area contributed by atoms with Crippen molar-refractivity contribution in [1.82, 2.24) is 0 Å². The molecule has 1 heterocycles. The van der Waals surface area contributed by atoms with Gasteiger partial charge in [-0.2, -0.15) is 13.2 Å². The highest BCUT2D eigenvalue weighted by molar-refractivity contribution is 7.86. The van der Waals surface area contributed by atoms with Crippen LogP contribution in [0, 0.1) is 0 Å². The van der Waals surface area contributed by atoms with Crippen LogP contribution in [0.5, 0.6) is 0 Å². The third-order valence-electron chi connectivity index (χ3n) is 4.58. The Bertz CT molecular complexity index is 768. The van der Waals surface area contributed by atoms with Crippen molar-refractivity contribution >= 4 is 22.0 Å². The summed E-state index contributed by atoms with van der Waals surface area (Å²) in [6.45, 7) is 4.57. The van der Waals surface area contributed by atoms with Crippen molar-refractivity contribution in [2.24, 2.45) is 0 Å². The standard InChI is InChI=1S/C16H22N2.CHF3O3S/c1-16(2)17-15-11-7-6-8-13(15)12-18(16)14-9-4-3-5-10-14;2-1(3,4)8(5,6)7/h6-8,11-12,14H,3-5,9-10H2,1-2H3;(H,5,6,7). The minimum atomic E-state index is -6.09. The summed E-state index contributed by atoms with van der Waals surface area (Å²) in [4.78, 5) is 0. The molecule has 1 aliphatic heterocycles. The lowest BCUT2D eigenvalue weighted by Gasteiger charge is -2.34. The van der Waals surface area contributed by atoms with E-state index in [-0.39, 0.29) is 5.66 Å². The molecular formula is C17H23F3N2O3S. The first-order valence-corrected chi connectivity index (χ1v) is 9.85. The van der Waals surface area contributed by atoms with Crippen LogP contribution >= 0.6 is 0 Å². The van der Waals surface area contributed by atoms with Crippen LogP contribution in [0.15, 0.2) is 24.3 Å². The Morgan fingerprint density at radius 1 is 1.15 bits per heavy atom. The zero-order chi connectivity index (χ0) is 19.6. The molecule has 5 nitrogen and oxygen atoms in total. The summed E-state index contributed by atoms with van der Waals surface area (Å²) >= 11 is 0. The van der Waals surface area contributed by atoms with Gasteiger partial charge in [0.25, 0.3) is 0 Å². The molecular weight excluding hydrogens is 369 g/mol. The summed E-state index contributed by atoms with van der Waals surface area (Å²) in [6, 6.07) is 9.30. The number of nitrogens with zero attached hydrogens (tertiary/aromatic N) is 1. The van der Waals surface area contributed by atoms with Gasteiger partial charge in [0.1, 0.15) is 0 Å². The number of benzene rings is 1. The number of nitrogens with one attached hydrogen (secondary N) is 1. The molecule has 0 radical (unpaired) electrons. The number of hydrogen-bond donors (Lipinski definition) is 1. The summed E-state index contributed by atoms with van der Waals surface area (Å²) in [5, 5.41) is 3.68. The first-order valence-electron chi connectivity index (χ1n) is 8.44. The Morgan fingerprint density at radius 3 is 2.23 bits per heavy atom. The Balaban J connectivity index is 0.000000260. The van der Waals surface area contributed by atoms with Crippen LogP contribution in [0.3, 0.4) is 0 Å². The largest absolute Gasteiger partial charge is 0.741 e. The first-order chi connectivity index (χ1) is 11.9. The van der Waals surface area contributed by atoms with Gasteiger partial charge in [-0.1, -0.05) is 18.6 Å². The molecule has 0 unspecified atom stereocenters. The number of fused-ring (bicyclic) bond motifs is 1. The second-order valence-electron chi connectivity index (χ2n) is 7.00. The lowest BCUT2D eigenvalue weighted by molar-refractivity contribution is -0.626. The van der Waals surface area contributed by atoms with Gasteiger partial charge >= 0.3 is 5.51 Å². The summed E-state index contributed by atoms with van der Waals surface area (Å²) < 4.78 is 61.5. The van der Waals surface area contributed by atoms with Gasteiger partial charge in [0.15, 0.2) is 22.4 Å². The third kappa shape index (κ3) is 4.97. The minimum Gasteiger partial charge on any atom is -0.741 e. The molecule has 1 fully saturated rings. The van der Waals surface area contributed by atoms with Crippen LogP contribution in [0.1, 0.15) is 51.5 Å². The van der Waals surface area contributed by atoms with Crippen molar-refractivity contribution in [3.8, 4) is 0 Å². The Labute approximate surface area is 151 Å². The van der Waals surface area contributed by atoms with Crippen molar-refractivity contribution in [3.05, 3.63) is 29.8 Å². The van der Waals surface area contributed by atoms with Crippen molar-refractivity contribution in [2.45, 2.75) is 63.2 Å². The molecule has 0 atom stereocenters. The average Bonchev–Trinajstić information content (AvgIpc) is 2.53. The monoisotopic (exact) mass is 392 g/mol. The fraction of sp³-hybridized carbons (Fsp3) is 0.588. The molecule has 146 valence electrons. The molecule has 1 aromatic carbocycles. The van der Waals surface area contributed by atoms with Crippen molar-refractivity contribution < 1.29 is 30.7 Å². The number of hydrogen-bond acceptors (Lipinski definition) is 4. The number of halogens is 3. The Hall–Kier alpha value is -1.61. The molecule has 1 aromatic rings. The molecule has 0 amide bonds. The fourth-order valence-electron chi connectivity index (χ4n) is 3.35. The van der Waals surface area contributed by atoms with Gasteiger partial charge in [0.05, 0.1) is 11.3 Å². The lowest BCUT2D eigenvalue weighted by Crippen LogP contribution is -2.51. The van der Waals surface area contributed by atoms with Crippen LogP contribution in [0.25, 0.3) is 0 Å². The molecule has 1 aliphatic carbocycles. The lowest BCUT2D eigenvalue weighted by atomic mass is 9.92. The molecule has 1 N–H and O–H groups in total. The highest BCUT2D eigenvalue weighted by Gasteiger charge is 2.39. The van der Waals surface area contributed by atoms with E-state index in [1.807, 2.05) is 0 Å². The van der Waals surface area contributed by atoms with Crippen molar-refractivity contribution in [1.29, 1.82) is 0 Å². The quantitative estimate of drug-likeness (QED) is 0.450. The van der Waals surface area contributed by atoms with Crippen LogP contribution in [-0.4, -0.2) is 41.0 Å². The summed E-state index contributed by atoms with van der Waals surface area (Å²) in [5.74, 6) is 0. The van der Waals surface area contributed by atoms with Crippen LogP contribution in [-0.2, 0) is 10.1 Å². The van der Waals surface area contributed by atoms with E-state index in [2.05, 4.69) is 54.2 Å². The number of para-hydroxylation sites is 1. The molecule has 9 heteroatoms. The van der Waals surface area contributed by atoms with Gasteiger partial charge in [0, 0.05) is 26.7 Å². The Kier molecular flexibility index (Phi) is 6.02. The second-order valence-corrected chi connectivity index (χ2v) is 8.37. The molecule has 0 bridgehead atoms. The SMILES string of the molecule is CC1(C)Nc2ccccc2C=[N+]1C1CCCCC1.O=S(=O)([O-])C(F)(F)F. The second kappa shape index (κ2) is 7.56. The van der Waals surface area contributed by atoms with E-state index in [9.17, 15) is 13.2 Å². The van der Waals surface area contributed by atoms with Crippen LogP contribution in [0.2, 0.25) is 0 Å². The van der Waals surface area contributed by atoms with E-state index in [1.165, 1.54) is 43.4 Å². The van der Waals surface area contributed by atoms with E-state index in [1.54, 1.807) is 0 Å². The maximum atomic E-state index is 10.7. The van der Waals surface area contributed by atoms with Gasteiger partial charge < -0.3 is 9.87 Å². The molecule has 2 aliphatic rings. The highest BCUT2D eigenvalue weighted by Crippen LogP contribution is 2.30. The smallest absolute Gasteiger partial charge is 0.485 e. The normalized spacial score (nSPS) is 20.2. The van der Waals surface area contributed by atoms with Gasteiger partial charge in [-0.3, -0.25) is 0 Å². The number of rotatable bonds is 1. The maximum absolute atomic E-state index is 10.7.